The zero-order valence-electron chi connectivity index (χ0n) is 12.6. The molecule has 4 aliphatic carbocycles. The maximum Gasteiger partial charge on any atom is 0.126 e. The van der Waals surface area contributed by atoms with Crippen molar-refractivity contribution < 1.29 is 4.79 Å². The molecule has 108 valence electrons. The minimum absolute atomic E-state index is 0.0666. The molecule has 0 aromatic rings. The van der Waals surface area contributed by atoms with Gasteiger partial charge in [0.1, 0.15) is 6.29 Å². The predicted octanol–water partition coefficient (Wildman–Crippen LogP) is 4.68. The second-order valence-corrected chi connectivity index (χ2v) is 7.85. The van der Waals surface area contributed by atoms with Gasteiger partial charge in [-0.05, 0) is 62.7 Å². The molecule has 0 radical (unpaired) electrons. The third-order valence-corrected chi connectivity index (χ3v) is 7.26. The Kier molecular flexibility index (Phi) is 2.78. The highest BCUT2D eigenvalue weighted by atomic mass is 16.1. The van der Waals surface area contributed by atoms with Gasteiger partial charge in [0.2, 0.25) is 0 Å². The van der Waals surface area contributed by atoms with E-state index in [4.69, 9.17) is 0 Å². The van der Waals surface area contributed by atoms with Gasteiger partial charge < -0.3 is 4.79 Å². The van der Waals surface area contributed by atoms with Crippen LogP contribution in [0.15, 0.2) is 23.8 Å². The van der Waals surface area contributed by atoms with Crippen LogP contribution in [-0.4, -0.2) is 6.29 Å². The van der Waals surface area contributed by atoms with E-state index in [2.05, 4.69) is 25.2 Å². The van der Waals surface area contributed by atoms with Gasteiger partial charge in [0.05, 0.1) is 0 Å². The lowest BCUT2D eigenvalue weighted by molar-refractivity contribution is -0.125. The van der Waals surface area contributed by atoms with Gasteiger partial charge in [-0.3, -0.25) is 0 Å². The summed E-state index contributed by atoms with van der Waals surface area (Å²) < 4.78 is 0. The molecule has 3 saturated carbocycles. The summed E-state index contributed by atoms with van der Waals surface area (Å²) in [5.74, 6) is 2.27. The third-order valence-electron chi connectivity index (χ3n) is 7.26. The Labute approximate surface area is 122 Å². The molecule has 0 saturated heterocycles. The largest absolute Gasteiger partial charge is 0.303 e. The maximum atomic E-state index is 11.8. The summed E-state index contributed by atoms with van der Waals surface area (Å²) >= 11 is 0. The Hall–Kier alpha value is -0.850. The fraction of sp³-hybridized carbons (Fsp3) is 0.737. The number of carbonyl (C=O) groups is 1. The Morgan fingerprint density at radius 2 is 2.10 bits per heavy atom. The van der Waals surface area contributed by atoms with E-state index in [0.717, 1.165) is 24.7 Å². The number of hydrogen-bond acceptors (Lipinski definition) is 1. The fourth-order valence-corrected chi connectivity index (χ4v) is 6.25. The van der Waals surface area contributed by atoms with Crippen LogP contribution in [0.25, 0.3) is 0 Å². The summed E-state index contributed by atoms with van der Waals surface area (Å²) in [5, 5.41) is 0. The van der Waals surface area contributed by atoms with Crippen LogP contribution in [0.2, 0.25) is 0 Å². The smallest absolute Gasteiger partial charge is 0.126 e. The first-order chi connectivity index (χ1) is 9.70. The lowest BCUT2D eigenvalue weighted by atomic mass is 9.48. The van der Waals surface area contributed by atoms with Crippen molar-refractivity contribution >= 4 is 6.29 Å². The number of hydrogen-bond donors (Lipinski definition) is 0. The van der Waals surface area contributed by atoms with E-state index in [0.29, 0.717) is 11.3 Å². The average molecular weight is 270 g/mol. The van der Waals surface area contributed by atoms with Gasteiger partial charge in [0.25, 0.3) is 0 Å². The van der Waals surface area contributed by atoms with Crippen LogP contribution in [0.4, 0.5) is 0 Å². The Bertz CT molecular complexity index is 488. The molecule has 1 heteroatoms. The molecule has 5 atom stereocenters. The number of allylic oxidation sites excluding steroid dienone is 4. The highest BCUT2D eigenvalue weighted by Crippen LogP contribution is 2.64. The minimum atomic E-state index is 0.0666. The topological polar surface area (TPSA) is 17.1 Å². The van der Waals surface area contributed by atoms with Gasteiger partial charge in [-0.1, -0.05) is 37.1 Å². The van der Waals surface area contributed by atoms with Crippen LogP contribution in [-0.2, 0) is 4.79 Å². The van der Waals surface area contributed by atoms with Crippen LogP contribution >= 0.6 is 0 Å². The molecule has 4 rings (SSSR count). The number of carbonyl (C=O) groups excluding carboxylic acids is 1. The first kappa shape index (κ1) is 12.9. The third kappa shape index (κ3) is 1.53. The molecule has 4 aliphatic rings. The van der Waals surface area contributed by atoms with Crippen LogP contribution < -0.4 is 0 Å². The monoisotopic (exact) mass is 270 g/mol. The predicted molar refractivity (Wildman–Crippen MR) is 81.2 cm³/mol. The summed E-state index contributed by atoms with van der Waals surface area (Å²) in [6, 6.07) is 0. The highest BCUT2D eigenvalue weighted by Gasteiger charge is 2.56. The van der Waals surface area contributed by atoms with Crippen molar-refractivity contribution in [3.8, 4) is 0 Å². The molecular formula is C19H26O. The molecule has 0 spiro atoms. The first-order valence-corrected chi connectivity index (χ1v) is 8.53. The van der Waals surface area contributed by atoms with Crippen molar-refractivity contribution in [1.82, 2.24) is 0 Å². The number of fused-ring (bicyclic) bond motifs is 5. The van der Waals surface area contributed by atoms with E-state index in [9.17, 15) is 4.79 Å². The summed E-state index contributed by atoms with van der Waals surface area (Å²) in [4.78, 5) is 11.8. The molecule has 1 nitrogen and oxygen atoms in total. The molecule has 0 heterocycles. The zero-order valence-corrected chi connectivity index (χ0v) is 12.6. The molecule has 0 unspecified atom stereocenters. The molecule has 0 N–H and O–H groups in total. The van der Waals surface area contributed by atoms with Crippen LogP contribution in [0, 0.1) is 28.6 Å². The van der Waals surface area contributed by atoms with E-state index in [-0.39, 0.29) is 5.41 Å². The summed E-state index contributed by atoms with van der Waals surface area (Å²) in [6.45, 7) is 2.47. The fourth-order valence-electron chi connectivity index (χ4n) is 6.25. The van der Waals surface area contributed by atoms with Crippen molar-refractivity contribution in [3.63, 3.8) is 0 Å². The standard InChI is InChI=1S/C19H26O/c1-18-10-3-2-5-14(18)7-8-15-16(18)9-12-19(13-20)11-4-6-17(15)19/h3,5,10,13,15-17H,2,4,6-9,11-12H2,1H3/t15-,16+,17+,18+,19+/m1/s1. The summed E-state index contributed by atoms with van der Waals surface area (Å²) in [7, 11) is 0. The minimum Gasteiger partial charge on any atom is -0.303 e. The first-order valence-electron chi connectivity index (χ1n) is 8.53. The van der Waals surface area contributed by atoms with Gasteiger partial charge in [-0.2, -0.15) is 0 Å². The van der Waals surface area contributed by atoms with Crippen molar-refractivity contribution in [3.05, 3.63) is 23.8 Å². The van der Waals surface area contributed by atoms with E-state index in [1.54, 1.807) is 5.57 Å². The molecule has 0 aromatic heterocycles. The van der Waals surface area contributed by atoms with Gasteiger partial charge in [-0.25, -0.2) is 0 Å². The van der Waals surface area contributed by atoms with Crippen LogP contribution in [0.1, 0.15) is 58.3 Å². The highest BCUT2D eigenvalue weighted by molar-refractivity contribution is 5.61. The Balaban J connectivity index is 1.71. The van der Waals surface area contributed by atoms with Gasteiger partial charge in [0.15, 0.2) is 0 Å². The lowest BCUT2D eigenvalue weighted by Crippen LogP contribution is -2.49. The zero-order chi connectivity index (χ0) is 13.8. The second-order valence-electron chi connectivity index (χ2n) is 7.85. The molecule has 0 bridgehead atoms. The van der Waals surface area contributed by atoms with Gasteiger partial charge >= 0.3 is 0 Å². The summed E-state index contributed by atoms with van der Waals surface area (Å²) in [6.07, 6.45) is 18.6. The van der Waals surface area contributed by atoms with E-state index in [1.165, 1.54) is 44.8 Å². The normalized spacial score (nSPS) is 49.9. The Morgan fingerprint density at radius 3 is 2.95 bits per heavy atom. The molecule has 0 aromatic carbocycles. The molecule has 0 amide bonds. The van der Waals surface area contributed by atoms with Crippen molar-refractivity contribution in [1.29, 1.82) is 0 Å². The molecule has 20 heavy (non-hydrogen) atoms. The lowest BCUT2D eigenvalue weighted by Gasteiger charge is -2.55. The van der Waals surface area contributed by atoms with Crippen molar-refractivity contribution in [2.45, 2.75) is 58.3 Å². The van der Waals surface area contributed by atoms with Gasteiger partial charge in [-0.15, -0.1) is 0 Å². The van der Waals surface area contributed by atoms with Crippen molar-refractivity contribution in [2.75, 3.05) is 0 Å². The average Bonchev–Trinajstić information content (AvgIpc) is 2.91. The van der Waals surface area contributed by atoms with Crippen molar-refractivity contribution in [2.24, 2.45) is 28.6 Å². The number of aldehydes is 1. The SMILES string of the molecule is C[C@]12C=CCC=C1CC[C@H]1[C@@H]3CCC[C@@]3(C=O)CC[C@@H]12. The van der Waals surface area contributed by atoms with Crippen LogP contribution in [0.5, 0.6) is 0 Å². The van der Waals surface area contributed by atoms with Crippen LogP contribution in [0.3, 0.4) is 0 Å². The van der Waals surface area contributed by atoms with E-state index in [1.807, 2.05) is 0 Å². The second kappa shape index (κ2) is 4.32. The molecule has 3 fully saturated rings. The maximum absolute atomic E-state index is 11.8. The Morgan fingerprint density at radius 1 is 1.20 bits per heavy atom. The van der Waals surface area contributed by atoms with Gasteiger partial charge in [0, 0.05) is 10.8 Å². The van der Waals surface area contributed by atoms with E-state index < -0.39 is 0 Å². The number of rotatable bonds is 1. The van der Waals surface area contributed by atoms with E-state index >= 15 is 0 Å². The quantitative estimate of drug-likeness (QED) is 0.499. The summed E-state index contributed by atoms with van der Waals surface area (Å²) in [5.41, 5.74) is 2.06. The molecular weight excluding hydrogens is 244 g/mol. The molecule has 0 aliphatic heterocycles.